The summed E-state index contributed by atoms with van der Waals surface area (Å²) in [7, 11) is 1.81. The molecule has 1 N–H and O–H groups in total. The molecule has 1 aromatic rings. The summed E-state index contributed by atoms with van der Waals surface area (Å²) in [6.07, 6.45) is 3.79. The van der Waals surface area contributed by atoms with E-state index in [0.29, 0.717) is 11.6 Å². The minimum atomic E-state index is -0.0701. The average Bonchev–Trinajstić information content (AvgIpc) is 2.83. The number of aromatic nitrogens is 1. The fourth-order valence-electron chi connectivity index (χ4n) is 2.07. The molecule has 88 valence electrons. The largest absolute Gasteiger partial charge is 0.364 e. The predicted octanol–water partition coefficient (Wildman–Crippen LogP) is 0.746. The van der Waals surface area contributed by atoms with E-state index < -0.39 is 0 Å². The summed E-state index contributed by atoms with van der Waals surface area (Å²) in [5, 5.41) is 6.99. The van der Waals surface area contributed by atoms with Crippen LogP contribution in [0.3, 0.4) is 0 Å². The van der Waals surface area contributed by atoms with Gasteiger partial charge in [-0.15, -0.1) is 0 Å². The molecule has 1 unspecified atom stereocenters. The Bertz CT molecular complexity index is 331. The first-order valence-corrected chi connectivity index (χ1v) is 5.64. The first-order chi connectivity index (χ1) is 7.77. The van der Waals surface area contributed by atoms with Crippen molar-refractivity contribution in [2.45, 2.75) is 12.8 Å². The number of hydrogen-bond acceptors (Lipinski definition) is 4. The van der Waals surface area contributed by atoms with Crippen molar-refractivity contribution >= 4 is 5.91 Å². The van der Waals surface area contributed by atoms with Crippen LogP contribution >= 0.6 is 0 Å². The fraction of sp³-hybridized carbons (Fsp3) is 0.636. The van der Waals surface area contributed by atoms with Crippen molar-refractivity contribution in [2.75, 3.05) is 26.7 Å². The Morgan fingerprint density at radius 1 is 1.75 bits per heavy atom. The maximum absolute atomic E-state index is 11.9. The quantitative estimate of drug-likeness (QED) is 0.821. The molecule has 1 saturated heterocycles. The Kier molecular flexibility index (Phi) is 3.56. The number of rotatable bonds is 3. The number of amides is 1. The van der Waals surface area contributed by atoms with Gasteiger partial charge in [-0.1, -0.05) is 5.16 Å². The Hall–Kier alpha value is -1.36. The van der Waals surface area contributed by atoms with Crippen molar-refractivity contribution in [3.8, 4) is 0 Å². The molecule has 0 aromatic carbocycles. The van der Waals surface area contributed by atoms with Crippen molar-refractivity contribution in [2.24, 2.45) is 5.92 Å². The maximum atomic E-state index is 11.9. The van der Waals surface area contributed by atoms with E-state index in [9.17, 15) is 4.79 Å². The second-order valence-electron chi connectivity index (χ2n) is 4.28. The third kappa shape index (κ3) is 2.61. The van der Waals surface area contributed by atoms with Gasteiger partial charge in [-0.3, -0.25) is 4.79 Å². The van der Waals surface area contributed by atoms with Gasteiger partial charge >= 0.3 is 0 Å². The summed E-state index contributed by atoms with van der Waals surface area (Å²) in [5.41, 5.74) is 0.381. The lowest BCUT2D eigenvalue weighted by molar-refractivity contribution is 0.0754. The summed E-state index contributed by atoms with van der Waals surface area (Å²) >= 11 is 0. The molecule has 0 saturated carbocycles. The van der Waals surface area contributed by atoms with Gasteiger partial charge in [-0.2, -0.15) is 0 Å². The smallest absolute Gasteiger partial charge is 0.275 e. The van der Waals surface area contributed by atoms with Gasteiger partial charge in [-0.05, 0) is 31.8 Å². The van der Waals surface area contributed by atoms with Gasteiger partial charge in [0.2, 0.25) is 0 Å². The van der Waals surface area contributed by atoms with Gasteiger partial charge in [-0.25, -0.2) is 0 Å². The van der Waals surface area contributed by atoms with E-state index in [2.05, 4.69) is 15.0 Å². The summed E-state index contributed by atoms with van der Waals surface area (Å²) in [6, 6.07) is 1.60. The lowest BCUT2D eigenvalue weighted by atomic mass is 9.99. The standard InChI is InChI=1S/C11H17N3O2/c1-14(8-9-3-2-5-12-7-9)11(15)10-4-6-16-13-10/h4,6,9,12H,2-3,5,7-8H2,1H3. The van der Waals surface area contributed by atoms with Gasteiger partial charge in [0.25, 0.3) is 5.91 Å². The Balaban J connectivity index is 1.87. The van der Waals surface area contributed by atoms with Gasteiger partial charge in [0.15, 0.2) is 5.69 Å². The SMILES string of the molecule is CN(CC1CCCNC1)C(=O)c1ccon1. The fourth-order valence-corrected chi connectivity index (χ4v) is 2.07. The van der Waals surface area contributed by atoms with Crippen LogP contribution in [0.4, 0.5) is 0 Å². The summed E-state index contributed by atoms with van der Waals surface area (Å²) < 4.78 is 4.67. The van der Waals surface area contributed by atoms with Crippen LogP contribution in [-0.2, 0) is 0 Å². The molecule has 1 amide bonds. The second-order valence-corrected chi connectivity index (χ2v) is 4.28. The van der Waals surface area contributed by atoms with Crippen molar-refractivity contribution in [1.82, 2.24) is 15.4 Å². The Morgan fingerprint density at radius 2 is 2.62 bits per heavy atom. The first-order valence-electron chi connectivity index (χ1n) is 5.64. The van der Waals surface area contributed by atoms with Crippen LogP contribution in [0.25, 0.3) is 0 Å². The summed E-state index contributed by atoms with van der Waals surface area (Å²) in [4.78, 5) is 13.6. The molecule has 2 rings (SSSR count). The Labute approximate surface area is 94.8 Å². The Morgan fingerprint density at radius 3 is 3.25 bits per heavy atom. The van der Waals surface area contributed by atoms with Gasteiger partial charge in [0.1, 0.15) is 6.26 Å². The lowest BCUT2D eigenvalue weighted by Crippen LogP contribution is -2.39. The highest BCUT2D eigenvalue weighted by Gasteiger charge is 2.20. The number of carbonyl (C=O) groups is 1. The zero-order valence-electron chi connectivity index (χ0n) is 9.48. The van der Waals surface area contributed by atoms with Crippen molar-refractivity contribution < 1.29 is 9.32 Å². The van der Waals surface area contributed by atoms with Crippen LogP contribution in [0.5, 0.6) is 0 Å². The third-order valence-electron chi connectivity index (χ3n) is 2.93. The van der Waals surface area contributed by atoms with Gasteiger partial charge in [0, 0.05) is 19.7 Å². The lowest BCUT2D eigenvalue weighted by Gasteiger charge is -2.27. The summed E-state index contributed by atoms with van der Waals surface area (Å²) in [5.74, 6) is 0.480. The second kappa shape index (κ2) is 5.12. The minimum Gasteiger partial charge on any atom is -0.364 e. The number of nitrogens with zero attached hydrogens (tertiary/aromatic N) is 2. The topological polar surface area (TPSA) is 58.4 Å². The number of piperidine rings is 1. The highest BCUT2D eigenvalue weighted by Crippen LogP contribution is 2.12. The average molecular weight is 223 g/mol. The van der Waals surface area contributed by atoms with Crippen LogP contribution < -0.4 is 5.32 Å². The van der Waals surface area contributed by atoms with E-state index in [1.54, 1.807) is 11.0 Å². The molecule has 1 aliphatic heterocycles. The van der Waals surface area contributed by atoms with Gasteiger partial charge in [0.05, 0.1) is 0 Å². The van der Waals surface area contributed by atoms with E-state index in [0.717, 1.165) is 19.6 Å². The van der Waals surface area contributed by atoms with Crippen LogP contribution in [0.1, 0.15) is 23.3 Å². The highest BCUT2D eigenvalue weighted by atomic mass is 16.5. The molecule has 0 spiro atoms. The molecule has 16 heavy (non-hydrogen) atoms. The van der Waals surface area contributed by atoms with Crippen LogP contribution in [-0.4, -0.2) is 42.6 Å². The molecular weight excluding hydrogens is 206 g/mol. The zero-order valence-corrected chi connectivity index (χ0v) is 9.48. The van der Waals surface area contributed by atoms with E-state index >= 15 is 0 Å². The van der Waals surface area contributed by atoms with Crippen LogP contribution in [0.2, 0.25) is 0 Å². The maximum Gasteiger partial charge on any atom is 0.275 e. The highest BCUT2D eigenvalue weighted by molar-refractivity contribution is 5.91. The minimum absolute atomic E-state index is 0.0701. The molecule has 0 aliphatic carbocycles. The molecule has 1 atom stereocenters. The van der Waals surface area contributed by atoms with E-state index in [1.807, 2.05) is 7.05 Å². The van der Waals surface area contributed by atoms with Crippen molar-refractivity contribution in [1.29, 1.82) is 0 Å². The third-order valence-corrected chi connectivity index (χ3v) is 2.93. The van der Waals surface area contributed by atoms with Crippen LogP contribution in [0.15, 0.2) is 16.9 Å². The van der Waals surface area contributed by atoms with Crippen molar-refractivity contribution in [3.05, 3.63) is 18.0 Å². The molecule has 2 heterocycles. The number of hydrogen-bond donors (Lipinski definition) is 1. The molecule has 1 fully saturated rings. The van der Waals surface area contributed by atoms with Crippen LogP contribution in [0, 0.1) is 5.92 Å². The van der Waals surface area contributed by atoms with E-state index in [4.69, 9.17) is 0 Å². The number of nitrogens with one attached hydrogen (secondary N) is 1. The molecule has 1 aliphatic rings. The number of carbonyl (C=O) groups excluding carboxylic acids is 1. The zero-order chi connectivity index (χ0) is 11.4. The molecule has 5 nitrogen and oxygen atoms in total. The normalized spacial score (nSPS) is 20.7. The monoisotopic (exact) mass is 223 g/mol. The van der Waals surface area contributed by atoms with E-state index in [-0.39, 0.29) is 5.91 Å². The molecule has 5 heteroatoms. The molecule has 1 aromatic heterocycles. The van der Waals surface area contributed by atoms with Gasteiger partial charge < -0.3 is 14.7 Å². The summed E-state index contributed by atoms with van der Waals surface area (Å²) in [6.45, 7) is 2.87. The molecular formula is C11H17N3O2. The molecule has 0 bridgehead atoms. The molecule has 0 radical (unpaired) electrons. The van der Waals surface area contributed by atoms with E-state index in [1.165, 1.54) is 19.1 Å². The van der Waals surface area contributed by atoms with Crippen molar-refractivity contribution in [3.63, 3.8) is 0 Å². The first kappa shape index (κ1) is 11.1. The predicted molar refractivity (Wildman–Crippen MR) is 59.1 cm³/mol.